The standard InChI is InChI=1S/C13H14BrNO3/c1-2-18-13(17)9-15-12(16)7-6-10-4-3-5-11(14)8-10/h3-8H,2,9H2,1H3,(H,15,16)/b7-6+. The van der Waals surface area contributed by atoms with Crippen molar-refractivity contribution in [1.29, 1.82) is 0 Å². The average molecular weight is 312 g/mol. The molecule has 0 bridgehead atoms. The van der Waals surface area contributed by atoms with Gasteiger partial charge < -0.3 is 10.1 Å². The molecule has 96 valence electrons. The maximum Gasteiger partial charge on any atom is 0.325 e. The Hall–Kier alpha value is -1.62. The van der Waals surface area contributed by atoms with Crippen LogP contribution in [0.4, 0.5) is 0 Å². The molecule has 0 aliphatic carbocycles. The Bertz CT molecular complexity index is 457. The summed E-state index contributed by atoms with van der Waals surface area (Å²) in [6.45, 7) is 1.91. The minimum absolute atomic E-state index is 0.116. The molecule has 0 aromatic heterocycles. The van der Waals surface area contributed by atoms with Crippen molar-refractivity contribution in [3.63, 3.8) is 0 Å². The molecule has 0 unspecified atom stereocenters. The third-order valence-electron chi connectivity index (χ3n) is 1.99. The molecule has 0 aliphatic heterocycles. The molecule has 1 aromatic rings. The molecule has 1 rings (SSSR count). The van der Waals surface area contributed by atoms with Crippen LogP contribution in [0.15, 0.2) is 34.8 Å². The van der Waals surface area contributed by atoms with E-state index in [-0.39, 0.29) is 12.5 Å². The molecule has 5 heteroatoms. The largest absolute Gasteiger partial charge is 0.465 e. The number of nitrogens with one attached hydrogen (secondary N) is 1. The van der Waals surface area contributed by atoms with Gasteiger partial charge in [-0.05, 0) is 30.7 Å². The Morgan fingerprint density at radius 3 is 2.89 bits per heavy atom. The number of halogens is 1. The Morgan fingerprint density at radius 1 is 1.44 bits per heavy atom. The van der Waals surface area contributed by atoms with Gasteiger partial charge in [-0.25, -0.2) is 0 Å². The fraction of sp³-hybridized carbons (Fsp3) is 0.231. The number of ether oxygens (including phenoxy) is 1. The zero-order chi connectivity index (χ0) is 13.4. The van der Waals surface area contributed by atoms with Crippen LogP contribution in [0.2, 0.25) is 0 Å². The quantitative estimate of drug-likeness (QED) is 0.669. The molecule has 1 amide bonds. The highest BCUT2D eigenvalue weighted by atomic mass is 79.9. The summed E-state index contributed by atoms with van der Waals surface area (Å²) in [5.74, 6) is -0.773. The van der Waals surface area contributed by atoms with Crippen LogP contribution in [0.3, 0.4) is 0 Å². The van der Waals surface area contributed by atoms with E-state index in [9.17, 15) is 9.59 Å². The highest BCUT2D eigenvalue weighted by Gasteiger charge is 2.02. The number of carbonyl (C=O) groups excluding carboxylic acids is 2. The van der Waals surface area contributed by atoms with Crippen LogP contribution in [0.5, 0.6) is 0 Å². The summed E-state index contributed by atoms with van der Waals surface area (Å²) in [5.41, 5.74) is 0.899. The van der Waals surface area contributed by atoms with Crippen molar-refractivity contribution in [2.24, 2.45) is 0 Å². The Morgan fingerprint density at radius 2 is 2.22 bits per heavy atom. The third-order valence-corrected chi connectivity index (χ3v) is 2.48. The second-order valence-electron chi connectivity index (χ2n) is 3.41. The Labute approximate surface area is 114 Å². The molecule has 1 N–H and O–H groups in total. The van der Waals surface area contributed by atoms with Gasteiger partial charge in [-0.15, -0.1) is 0 Å². The van der Waals surface area contributed by atoms with E-state index in [4.69, 9.17) is 0 Å². The second-order valence-corrected chi connectivity index (χ2v) is 4.33. The van der Waals surface area contributed by atoms with Crippen LogP contribution >= 0.6 is 15.9 Å². The topological polar surface area (TPSA) is 55.4 Å². The molecule has 0 radical (unpaired) electrons. The SMILES string of the molecule is CCOC(=O)CNC(=O)/C=C/c1cccc(Br)c1. The first-order chi connectivity index (χ1) is 8.61. The van der Waals surface area contributed by atoms with E-state index in [1.165, 1.54) is 6.08 Å². The maximum absolute atomic E-state index is 11.4. The van der Waals surface area contributed by atoms with Crippen molar-refractivity contribution in [3.8, 4) is 0 Å². The maximum atomic E-state index is 11.4. The first-order valence-corrected chi connectivity index (χ1v) is 6.28. The molecule has 18 heavy (non-hydrogen) atoms. The predicted molar refractivity (Wildman–Crippen MR) is 72.8 cm³/mol. The van der Waals surface area contributed by atoms with E-state index in [0.717, 1.165) is 10.0 Å². The van der Waals surface area contributed by atoms with Crippen LogP contribution in [0.1, 0.15) is 12.5 Å². The van der Waals surface area contributed by atoms with Gasteiger partial charge in [-0.1, -0.05) is 28.1 Å². The lowest BCUT2D eigenvalue weighted by molar-refractivity contribution is -0.143. The molecular weight excluding hydrogens is 298 g/mol. The molecule has 0 saturated heterocycles. The minimum Gasteiger partial charge on any atom is -0.465 e. The lowest BCUT2D eigenvalue weighted by atomic mass is 10.2. The number of rotatable bonds is 5. The van der Waals surface area contributed by atoms with E-state index in [2.05, 4.69) is 26.0 Å². The monoisotopic (exact) mass is 311 g/mol. The van der Waals surface area contributed by atoms with Gasteiger partial charge in [0, 0.05) is 10.5 Å². The van der Waals surface area contributed by atoms with Gasteiger partial charge in [0.05, 0.1) is 6.61 Å². The zero-order valence-electron chi connectivity index (χ0n) is 9.98. The van der Waals surface area contributed by atoms with Crippen LogP contribution in [-0.4, -0.2) is 25.0 Å². The molecule has 0 atom stereocenters. The van der Waals surface area contributed by atoms with Crippen LogP contribution in [0, 0.1) is 0 Å². The normalized spacial score (nSPS) is 10.3. The van der Waals surface area contributed by atoms with Crippen molar-refractivity contribution in [2.45, 2.75) is 6.92 Å². The van der Waals surface area contributed by atoms with E-state index >= 15 is 0 Å². The molecule has 0 fully saturated rings. The summed E-state index contributed by atoms with van der Waals surface area (Å²) in [4.78, 5) is 22.4. The summed E-state index contributed by atoms with van der Waals surface area (Å²) >= 11 is 3.34. The lowest BCUT2D eigenvalue weighted by Crippen LogP contribution is -2.29. The first-order valence-electron chi connectivity index (χ1n) is 5.49. The van der Waals surface area contributed by atoms with Gasteiger partial charge in [0.15, 0.2) is 0 Å². The summed E-state index contributed by atoms with van der Waals surface area (Å²) in [7, 11) is 0. The van der Waals surface area contributed by atoms with Crippen molar-refractivity contribution >= 4 is 33.9 Å². The number of hydrogen-bond donors (Lipinski definition) is 1. The smallest absolute Gasteiger partial charge is 0.325 e. The average Bonchev–Trinajstić information content (AvgIpc) is 2.34. The summed E-state index contributed by atoms with van der Waals surface area (Å²) in [5, 5.41) is 2.44. The van der Waals surface area contributed by atoms with E-state index in [0.29, 0.717) is 6.61 Å². The summed E-state index contributed by atoms with van der Waals surface area (Å²) < 4.78 is 5.63. The Balaban J connectivity index is 2.42. The minimum atomic E-state index is -0.443. The molecule has 0 heterocycles. The number of esters is 1. The van der Waals surface area contributed by atoms with Gasteiger partial charge in [-0.2, -0.15) is 0 Å². The summed E-state index contributed by atoms with van der Waals surface area (Å²) in [6.07, 6.45) is 3.05. The molecule has 0 aliphatic rings. The zero-order valence-corrected chi connectivity index (χ0v) is 11.6. The van der Waals surface area contributed by atoms with E-state index in [1.807, 2.05) is 24.3 Å². The predicted octanol–water partition coefficient (Wildman–Crippen LogP) is 2.14. The number of carbonyl (C=O) groups is 2. The number of hydrogen-bond acceptors (Lipinski definition) is 3. The van der Waals surface area contributed by atoms with Crippen molar-refractivity contribution < 1.29 is 14.3 Å². The van der Waals surface area contributed by atoms with Crippen LogP contribution < -0.4 is 5.32 Å². The molecule has 0 spiro atoms. The Kier molecular flexibility index (Phi) is 6.14. The van der Waals surface area contributed by atoms with Crippen molar-refractivity contribution in [2.75, 3.05) is 13.2 Å². The van der Waals surface area contributed by atoms with Gasteiger partial charge in [0.2, 0.25) is 5.91 Å². The molecule has 4 nitrogen and oxygen atoms in total. The van der Waals surface area contributed by atoms with Gasteiger partial charge in [0.1, 0.15) is 6.54 Å². The third kappa shape index (κ3) is 5.63. The van der Waals surface area contributed by atoms with E-state index in [1.54, 1.807) is 13.0 Å². The molecular formula is C13H14BrNO3. The van der Waals surface area contributed by atoms with Gasteiger partial charge >= 0.3 is 5.97 Å². The fourth-order valence-electron chi connectivity index (χ4n) is 1.21. The number of amides is 1. The van der Waals surface area contributed by atoms with Crippen molar-refractivity contribution in [3.05, 3.63) is 40.4 Å². The molecule has 0 saturated carbocycles. The van der Waals surface area contributed by atoms with Crippen LogP contribution in [-0.2, 0) is 14.3 Å². The van der Waals surface area contributed by atoms with Crippen LogP contribution in [0.25, 0.3) is 6.08 Å². The van der Waals surface area contributed by atoms with E-state index < -0.39 is 5.97 Å². The van der Waals surface area contributed by atoms with Crippen molar-refractivity contribution in [1.82, 2.24) is 5.32 Å². The van der Waals surface area contributed by atoms with Gasteiger partial charge in [0.25, 0.3) is 0 Å². The second kappa shape index (κ2) is 7.66. The number of benzene rings is 1. The lowest BCUT2D eigenvalue weighted by Gasteiger charge is -2.01. The highest BCUT2D eigenvalue weighted by Crippen LogP contribution is 2.12. The molecule has 1 aromatic carbocycles. The first kappa shape index (κ1) is 14.4. The summed E-state index contributed by atoms with van der Waals surface area (Å²) in [6, 6.07) is 7.54. The van der Waals surface area contributed by atoms with Gasteiger partial charge in [-0.3, -0.25) is 9.59 Å². The fourth-order valence-corrected chi connectivity index (χ4v) is 1.63. The highest BCUT2D eigenvalue weighted by molar-refractivity contribution is 9.10.